The van der Waals surface area contributed by atoms with Crippen LogP contribution < -0.4 is 10.5 Å². The van der Waals surface area contributed by atoms with Crippen molar-refractivity contribution in [2.45, 2.75) is 95.5 Å². The van der Waals surface area contributed by atoms with E-state index in [0.717, 1.165) is 48.8 Å². The summed E-state index contributed by atoms with van der Waals surface area (Å²) in [5, 5.41) is 17.9. The largest absolute Gasteiger partial charge is 0.483 e. The van der Waals surface area contributed by atoms with Gasteiger partial charge in [0.2, 0.25) is 0 Å². The maximum atomic E-state index is 11.0. The molecule has 1 aliphatic heterocycles. The molecule has 1 aliphatic carbocycles. The van der Waals surface area contributed by atoms with E-state index in [1.165, 1.54) is 5.56 Å². The monoisotopic (exact) mass is 537 g/mol. The molecule has 0 radical (unpaired) electrons. The van der Waals surface area contributed by atoms with Gasteiger partial charge < -0.3 is 24.5 Å². The van der Waals surface area contributed by atoms with E-state index in [1.54, 1.807) is 0 Å². The zero-order chi connectivity index (χ0) is 27.5. The van der Waals surface area contributed by atoms with Crippen LogP contribution >= 0.6 is 0 Å². The summed E-state index contributed by atoms with van der Waals surface area (Å²) >= 11 is 0. The second-order valence-electron chi connectivity index (χ2n) is 11.0. The quantitative estimate of drug-likeness (QED) is 0.430. The van der Waals surface area contributed by atoms with E-state index in [2.05, 4.69) is 51.1 Å². The number of carbonyl (C=O) groups excluding carboxylic acids is 1. The Labute approximate surface area is 229 Å². The van der Waals surface area contributed by atoms with Gasteiger partial charge in [-0.05, 0) is 69.1 Å². The van der Waals surface area contributed by atoms with Gasteiger partial charge in [-0.15, -0.1) is 15.3 Å². The molecular weight excluding hydrogens is 498 g/mol. The maximum absolute atomic E-state index is 11.0. The first-order valence-corrected chi connectivity index (χ1v) is 13.9. The van der Waals surface area contributed by atoms with Crippen LogP contribution in [0.3, 0.4) is 0 Å². The minimum atomic E-state index is -0.767. The fourth-order valence-electron chi connectivity index (χ4n) is 5.70. The van der Waals surface area contributed by atoms with Crippen molar-refractivity contribution in [1.29, 1.82) is 0 Å². The molecule has 2 N–H and O–H groups in total. The molecule has 3 heterocycles. The molecule has 2 aromatic heterocycles. The average Bonchev–Trinajstić information content (AvgIpc) is 3.56. The summed E-state index contributed by atoms with van der Waals surface area (Å²) in [6.45, 7) is 6.70. The molecule has 0 bridgehead atoms. The van der Waals surface area contributed by atoms with Gasteiger partial charge in [-0.3, -0.25) is 0 Å². The summed E-state index contributed by atoms with van der Waals surface area (Å²) in [5.74, 6) is 3.48. The number of rotatable bonds is 8. The molecule has 1 saturated heterocycles. The number of hydrogen-bond donors (Lipinski definition) is 1. The Morgan fingerprint density at radius 1 is 1.08 bits per heavy atom. The van der Waals surface area contributed by atoms with Gasteiger partial charge in [0.1, 0.15) is 29.5 Å². The molecular formula is C28H39N7O4. The molecule has 1 aromatic carbocycles. The van der Waals surface area contributed by atoms with E-state index in [4.69, 9.17) is 19.9 Å². The van der Waals surface area contributed by atoms with Crippen molar-refractivity contribution in [2.75, 3.05) is 6.61 Å². The number of primary amides is 1. The number of carbonyl (C=O) groups is 1. The second-order valence-corrected chi connectivity index (χ2v) is 11.0. The Morgan fingerprint density at radius 3 is 2.56 bits per heavy atom. The first-order chi connectivity index (χ1) is 18.8. The van der Waals surface area contributed by atoms with Crippen molar-refractivity contribution in [3.63, 3.8) is 0 Å². The van der Waals surface area contributed by atoms with Crippen LogP contribution in [0.5, 0.6) is 5.75 Å². The van der Waals surface area contributed by atoms with Crippen LogP contribution in [0.1, 0.15) is 112 Å². The predicted octanol–water partition coefficient (Wildman–Crippen LogP) is 4.88. The smallest absolute Gasteiger partial charge is 0.404 e. The average molecular weight is 538 g/mol. The number of benzene rings is 1. The Bertz CT molecular complexity index is 1260. The Kier molecular flexibility index (Phi) is 8.15. The molecule has 2 aliphatic rings. The number of nitrogens with zero attached hydrogens (tertiary/aromatic N) is 6. The van der Waals surface area contributed by atoms with Gasteiger partial charge in [0.05, 0.1) is 18.8 Å². The SMILES string of the molecule is CC(C)c1cccc(OC(C)c2nnc([C@H]3CC[C@H](n4cc([C@@H]5CC[C@@H](OC(N)=O)CO5)nn4)CC3)n2C)c1. The first-order valence-electron chi connectivity index (χ1n) is 13.9. The highest BCUT2D eigenvalue weighted by Crippen LogP contribution is 2.38. The van der Waals surface area contributed by atoms with Crippen LogP contribution in [0.2, 0.25) is 0 Å². The molecule has 0 spiro atoms. The lowest BCUT2D eigenvalue weighted by molar-refractivity contribution is -0.0617. The van der Waals surface area contributed by atoms with Crippen LogP contribution in [0, 0.1) is 0 Å². The number of nitrogens with two attached hydrogens (primary N) is 1. The Balaban J connectivity index is 1.15. The van der Waals surface area contributed by atoms with Crippen LogP contribution in [0.15, 0.2) is 30.5 Å². The second kappa shape index (κ2) is 11.7. The topological polar surface area (TPSA) is 132 Å². The van der Waals surface area contributed by atoms with Crippen LogP contribution in [-0.4, -0.2) is 48.6 Å². The fourth-order valence-corrected chi connectivity index (χ4v) is 5.70. The highest BCUT2D eigenvalue weighted by atomic mass is 16.6. The number of hydrogen-bond acceptors (Lipinski definition) is 8. The van der Waals surface area contributed by atoms with E-state index in [-0.39, 0.29) is 18.3 Å². The van der Waals surface area contributed by atoms with Gasteiger partial charge >= 0.3 is 6.09 Å². The molecule has 210 valence electrons. The van der Waals surface area contributed by atoms with Crippen LogP contribution in [-0.2, 0) is 16.5 Å². The summed E-state index contributed by atoms with van der Waals surface area (Å²) in [7, 11) is 2.04. The van der Waals surface area contributed by atoms with Gasteiger partial charge in [0, 0.05) is 13.0 Å². The molecule has 3 aromatic rings. The van der Waals surface area contributed by atoms with E-state index in [1.807, 2.05) is 37.0 Å². The zero-order valence-corrected chi connectivity index (χ0v) is 23.2. The third-order valence-electron chi connectivity index (χ3n) is 7.95. The zero-order valence-electron chi connectivity index (χ0n) is 23.2. The van der Waals surface area contributed by atoms with E-state index < -0.39 is 6.09 Å². The van der Waals surface area contributed by atoms with E-state index in [9.17, 15) is 4.79 Å². The maximum Gasteiger partial charge on any atom is 0.404 e. The fraction of sp³-hybridized carbons (Fsp3) is 0.607. The van der Waals surface area contributed by atoms with Crippen molar-refractivity contribution >= 4 is 6.09 Å². The van der Waals surface area contributed by atoms with Gasteiger partial charge in [-0.25, -0.2) is 9.48 Å². The van der Waals surface area contributed by atoms with Crippen molar-refractivity contribution in [3.05, 3.63) is 53.4 Å². The van der Waals surface area contributed by atoms with E-state index in [0.29, 0.717) is 37.3 Å². The molecule has 1 amide bonds. The molecule has 1 unspecified atom stereocenters. The number of ether oxygens (including phenoxy) is 3. The lowest BCUT2D eigenvalue weighted by Crippen LogP contribution is -2.31. The summed E-state index contributed by atoms with van der Waals surface area (Å²) in [5.41, 5.74) is 7.18. The molecule has 5 rings (SSSR count). The minimum absolute atomic E-state index is 0.142. The van der Waals surface area contributed by atoms with Crippen LogP contribution in [0.25, 0.3) is 0 Å². The highest BCUT2D eigenvalue weighted by Gasteiger charge is 2.31. The van der Waals surface area contributed by atoms with Crippen molar-refractivity contribution in [1.82, 2.24) is 29.8 Å². The Morgan fingerprint density at radius 2 is 1.87 bits per heavy atom. The van der Waals surface area contributed by atoms with Crippen molar-refractivity contribution in [3.8, 4) is 5.75 Å². The summed E-state index contributed by atoms with van der Waals surface area (Å²) in [6, 6.07) is 8.55. The summed E-state index contributed by atoms with van der Waals surface area (Å²) in [6.07, 6.45) is 5.98. The lowest BCUT2D eigenvalue weighted by atomic mass is 9.85. The molecule has 1 saturated carbocycles. The van der Waals surface area contributed by atoms with Gasteiger partial charge in [-0.2, -0.15) is 0 Å². The lowest BCUT2D eigenvalue weighted by Gasteiger charge is -2.28. The highest BCUT2D eigenvalue weighted by molar-refractivity contribution is 5.64. The molecule has 11 heteroatoms. The molecule has 11 nitrogen and oxygen atoms in total. The number of amides is 1. The standard InChI is InChI=1S/C28H39N7O4/c1-17(2)20-6-5-7-22(14-20)38-18(3)26-31-32-27(34(26)4)19-8-10-21(11-9-19)35-15-24(30-33-35)25-13-12-23(16-37-25)39-28(29)36/h5-7,14-15,17-19,21,23,25H,8-13,16H2,1-4H3,(H2,29,36)/t18?,19-,21-,23-,25+/m1/s1. The van der Waals surface area contributed by atoms with Gasteiger partial charge in [0.15, 0.2) is 11.9 Å². The van der Waals surface area contributed by atoms with Gasteiger partial charge in [0.25, 0.3) is 0 Å². The summed E-state index contributed by atoms with van der Waals surface area (Å²) in [4.78, 5) is 11.0. The van der Waals surface area contributed by atoms with Gasteiger partial charge in [-0.1, -0.05) is 31.2 Å². The van der Waals surface area contributed by atoms with E-state index >= 15 is 0 Å². The number of aromatic nitrogens is 6. The third-order valence-corrected chi connectivity index (χ3v) is 7.95. The van der Waals surface area contributed by atoms with Crippen LogP contribution in [0.4, 0.5) is 4.79 Å². The Hall–Kier alpha value is -3.47. The molecule has 3 atom stereocenters. The van der Waals surface area contributed by atoms with Crippen molar-refractivity contribution < 1.29 is 19.0 Å². The normalized spacial score (nSPS) is 24.4. The minimum Gasteiger partial charge on any atom is -0.483 e. The van der Waals surface area contributed by atoms with Crippen molar-refractivity contribution in [2.24, 2.45) is 12.8 Å². The predicted molar refractivity (Wildman–Crippen MR) is 143 cm³/mol. The third kappa shape index (κ3) is 6.24. The summed E-state index contributed by atoms with van der Waals surface area (Å²) < 4.78 is 21.2. The molecule has 2 fully saturated rings. The molecule has 39 heavy (non-hydrogen) atoms. The first kappa shape index (κ1) is 27.1.